The van der Waals surface area contributed by atoms with Gasteiger partial charge in [0.05, 0.1) is 5.69 Å². The van der Waals surface area contributed by atoms with Gasteiger partial charge in [-0.05, 0) is 18.4 Å². The minimum absolute atomic E-state index is 0.0719. The molecule has 1 aliphatic rings. The summed E-state index contributed by atoms with van der Waals surface area (Å²) in [5.74, 6) is 1.44. The fraction of sp³-hybridized carbons (Fsp3) is 0.333. The summed E-state index contributed by atoms with van der Waals surface area (Å²) in [6.07, 6.45) is 0.898. The molecule has 0 N–H and O–H groups in total. The molecule has 0 spiro atoms. The Morgan fingerprint density at radius 1 is 1.33 bits per heavy atom. The molecular weight excluding hydrogens is 224 g/mol. The van der Waals surface area contributed by atoms with Crippen molar-refractivity contribution in [3.8, 4) is 11.3 Å². The lowest BCUT2D eigenvalue weighted by atomic mass is 10.1. The number of rotatable bonds is 1. The lowest BCUT2D eigenvalue weighted by Crippen LogP contribution is -2.20. The topological polar surface area (TPSA) is 34.9 Å². The highest BCUT2D eigenvalue weighted by molar-refractivity contribution is 5.62. The van der Waals surface area contributed by atoms with Gasteiger partial charge in [0.25, 0.3) is 5.56 Å². The zero-order valence-corrected chi connectivity index (χ0v) is 10.7. The van der Waals surface area contributed by atoms with E-state index in [0.29, 0.717) is 5.92 Å². The molecule has 0 fully saturated rings. The molecule has 2 heterocycles. The van der Waals surface area contributed by atoms with Gasteiger partial charge in [-0.3, -0.25) is 9.36 Å². The second kappa shape index (κ2) is 4.09. The van der Waals surface area contributed by atoms with Gasteiger partial charge in [0.15, 0.2) is 0 Å². The molecule has 1 aromatic heterocycles. The molecule has 1 aromatic carbocycles. The van der Waals surface area contributed by atoms with Gasteiger partial charge in [-0.2, -0.15) is 0 Å². The smallest absolute Gasteiger partial charge is 0.254 e. The van der Waals surface area contributed by atoms with Crippen LogP contribution in [-0.2, 0) is 13.0 Å². The largest absolute Gasteiger partial charge is 0.296 e. The fourth-order valence-corrected chi connectivity index (χ4v) is 2.59. The maximum atomic E-state index is 12.1. The average molecular weight is 240 g/mol. The van der Waals surface area contributed by atoms with E-state index < -0.39 is 0 Å². The minimum Gasteiger partial charge on any atom is -0.296 e. The second-order valence-corrected chi connectivity index (χ2v) is 5.13. The summed E-state index contributed by atoms with van der Waals surface area (Å²) in [5, 5.41) is 0. The molecule has 0 unspecified atom stereocenters. The lowest BCUT2D eigenvalue weighted by molar-refractivity contribution is 0.557. The molecule has 1 atom stereocenters. The van der Waals surface area contributed by atoms with Crippen LogP contribution in [0.5, 0.6) is 0 Å². The summed E-state index contributed by atoms with van der Waals surface area (Å²) in [7, 11) is 0. The van der Waals surface area contributed by atoms with Crippen LogP contribution in [0.15, 0.2) is 35.1 Å². The van der Waals surface area contributed by atoms with Crippen LogP contribution in [0.1, 0.15) is 18.3 Å². The number of aryl methyl sites for hydroxylation is 1. The Balaban J connectivity index is 2.17. The molecule has 3 heteroatoms. The van der Waals surface area contributed by atoms with Crippen LogP contribution in [0.25, 0.3) is 11.3 Å². The first kappa shape index (κ1) is 11.2. The first-order chi connectivity index (χ1) is 8.65. The van der Waals surface area contributed by atoms with Crippen molar-refractivity contribution in [2.45, 2.75) is 26.8 Å². The summed E-state index contributed by atoms with van der Waals surface area (Å²) in [6, 6.07) is 9.71. The second-order valence-electron chi connectivity index (χ2n) is 5.13. The van der Waals surface area contributed by atoms with Crippen molar-refractivity contribution in [1.82, 2.24) is 9.55 Å². The minimum atomic E-state index is 0.0719. The highest BCUT2D eigenvalue weighted by atomic mass is 16.1. The summed E-state index contributed by atoms with van der Waals surface area (Å²) in [5.41, 5.74) is 3.08. The van der Waals surface area contributed by atoms with Crippen LogP contribution in [0, 0.1) is 12.8 Å². The Morgan fingerprint density at radius 3 is 2.89 bits per heavy atom. The maximum absolute atomic E-state index is 12.1. The van der Waals surface area contributed by atoms with E-state index in [0.717, 1.165) is 35.6 Å². The van der Waals surface area contributed by atoms with Gasteiger partial charge in [-0.25, -0.2) is 4.98 Å². The Kier molecular flexibility index (Phi) is 2.54. The van der Waals surface area contributed by atoms with Crippen molar-refractivity contribution < 1.29 is 0 Å². The first-order valence-electron chi connectivity index (χ1n) is 6.32. The summed E-state index contributed by atoms with van der Waals surface area (Å²) in [6.45, 7) is 5.00. The Morgan fingerprint density at radius 2 is 2.11 bits per heavy atom. The van der Waals surface area contributed by atoms with Crippen LogP contribution in [0.4, 0.5) is 0 Å². The lowest BCUT2D eigenvalue weighted by Gasteiger charge is -2.07. The maximum Gasteiger partial charge on any atom is 0.254 e. The van der Waals surface area contributed by atoms with E-state index in [4.69, 9.17) is 0 Å². The van der Waals surface area contributed by atoms with Crippen LogP contribution >= 0.6 is 0 Å². The van der Waals surface area contributed by atoms with Gasteiger partial charge in [-0.1, -0.05) is 31.2 Å². The van der Waals surface area contributed by atoms with Crippen molar-refractivity contribution in [3.63, 3.8) is 0 Å². The van der Waals surface area contributed by atoms with E-state index in [-0.39, 0.29) is 5.56 Å². The molecule has 18 heavy (non-hydrogen) atoms. The zero-order chi connectivity index (χ0) is 12.7. The van der Waals surface area contributed by atoms with Gasteiger partial charge >= 0.3 is 0 Å². The van der Waals surface area contributed by atoms with Gasteiger partial charge in [0, 0.05) is 24.6 Å². The number of hydrogen-bond donors (Lipinski definition) is 0. The van der Waals surface area contributed by atoms with Crippen LogP contribution in [0.2, 0.25) is 0 Å². The Hall–Kier alpha value is -1.90. The number of fused-ring (bicyclic) bond motifs is 1. The van der Waals surface area contributed by atoms with Crippen molar-refractivity contribution >= 4 is 0 Å². The number of benzene rings is 1. The Labute approximate surface area is 106 Å². The van der Waals surface area contributed by atoms with E-state index in [1.807, 2.05) is 31.2 Å². The molecule has 3 nitrogen and oxygen atoms in total. The molecule has 3 rings (SSSR count). The summed E-state index contributed by atoms with van der Waals surface area (Å²) in [4.78, 5) is 16.7. The van der Waals surface area contributed by atoms with Gasteiger partial charge in [0.2, 0.25) is 0 Å². The van der Waals surface area contributed by atoms with E-state index in [2.05, 4.69) is 11.9 Å². The summed E-state index contributed by atoms with van der Waals surface area (Å²) < 4.78 is 1.80. The molecule has 2 aromatic rings. The van der Waals surface area contributed by atoms with E-state index >= 15 is 0 Å². The monoisotopic (exact) mass is 240 g/mol. The van der Waals surface area contributed by atoms with E-state index in [1.165, 1.54) is 0 Å². The SMILES string of the molecule is Cc1ccccc1-c1cc(=O)n2c(n1)C[C@H](C)C2. The highest BCUT2D eigenvalue weighted by Crippen LogP contribution is 2.23. The van der Waals surface area contributed by atoms with Crippen molar-refractivity contribution in [2.75, 3.05) is 0 Å². The number of aromatic nitrogens is 2. The molecule has 0 bridgehead atoms. The molecule has 0 aliphatic carbocycles. The molecule has 92 valence electrons. The summed E-state index contributed by atoms with van der Waals surface area (Å²) >= 11 is 0. The Bertz CT molecular complexity index is 658. The third-order valence-electron chi connectivity index (χ3n) is 3.53. The van der Waals surface area contributed by atoms with E-state index in [1.54, 1.807) is 10.6 Å². The predicted octanol–water partition coefficient (Wildman–Crippen LogP) is 2.41. The zero-order valence-electron chi connectivity index (χ0n) is 10.7. The van der Waals surface area contributed by atoms with Crippen molar-refractivity contribution in [1.29, 1.82) is 0 Å². The van der Waals surface area contributed by atoms with Crippen LogP contribution < -0.4 is 5.56 Å². The molecule has 0 radical (unpaired) electrons. The molecular formula is C15H16N2O. The third-order valence-corrected chi connectivity index (χ3v) is 3.53. The van der Waals surface area contributed by atoms with Gasteiger partial charge < -0.3 is 0 Å². The quantitative estimate of drug-likeness (QED) is 0.767. The van der Waals surface area contributed by atoms with E-state index in [9.17, 15) is 4.79 Å². The average Bonchev–Trinajstić information content (AvgIpc) is 2.71. The highest BCUT2D eigenvalue weighted by Gasteiger charge is 2.21. The van der Waals surface area contributed by atoms with Crippen LogP contribution in [-0.4, -0.2) is 9.55 Å². The molecule has 0 amide bonds. The number of nitrogens with zero attached hydrogens (tertiary/aromatic N) is 2. The van der Waals surface area contributed by atoms with Crippen molar-refractivity contribution in [2.24, 2.45) is 5.92 Å². The predicted molar refractivity (Wildman–Crippen MR) is 71.5 cm³/mol. The van der Waals surface area contributed by atoms with Gasteiger partial charge in [0.1, 0.15) is 5.82 Å². The third kappa shape index (κ3) is 1.76. The number of hydrogen-bond acceptors (Lipinski definition) is 2. The first-order valence-corrected chi connectivity index (χ1v) is 6.32. The van der Waals surface area contributed by atoms with Gasteiger partial charge in [-0.15, -0.1) is 0 Å². The normalized spacial score (nSPS) is 17.8. The van der Waals surface area contributed by atoms with Crippen molar-refractivity contribution in [3.05, 3.63) is 52.1 Å². The standard InChI is InChI=1S/C15H16N2O/c1-10-7-14-16-13(8-15(18)17(14)9-10)12-6-4-3-5-11(12)2/h3-6,8,10H,7,9H2,1-2H3/t10-/m0/s1. The molecule has 0 saturated carbocycles. The fourth-order valence-electron chi connectivity index (χ4n) is 2.59. The molecule has 0 saturated heterocycles. The molecule has 1 aliphatic heterocycles. The van der Waals surface area contributed by atoms with Crippen LogP contribution in [0.3, 0.4) is 0 Å².